The van der Waals surface area contributed by atoms with Gasteiger partial charge in [0.05, 0.1) is 5.41 Å². The first kappa shape index (κ1) is 12.8. The minimum Gasteiger partial charge on any atom is -0.329 e. The lowest BCUT2D eigenvalue weighted by molar-refractivity contribution is -0.129. The fraction of sp³-hybridized carbons (Fsp3) is 0.429. The zero-order valence-electron chi connectivity index (χ0n) is 10.5. The molecule has 1 aromatic carbocycles. The summed E-state index contributed by atoms with van der Waals surface area (Å²) >= 11 is 0. The number of nitrogens with two attached hydrogens (primary N) is 1. The molecule has 1 aliphatic rings. The first-order chi connectivity index (χ1) is 8.57. The van der Waals surface area contributed by atoms with Gasteiger partial charge in [-0.25, -0.2) is 0 Å². The van der Waals surface area contributed by atoms with Crippen LogP contribution in [-0.2, 0) is 4.79 Å². The fourth-order valence-electron chi connectivity index (χ4n) is 2.18. The van der Waals surface area contributed by atoms with Gasteiger partial charge in [0.25, 0.3) is 0 Å². The second-order valence-corrected chi connectivity index (χ2v) is 4.93. The molecule has 0 atom stereocenters. The Morgan fingerprint density at radius 1 is 1.28 bits per heavy atom. The van der Waals surface area contributed by atoms with E-state index in [1.165, 1.54) is 6.92 Å². The molecule has 0 radical (unpaired) electrons. The molecular weight excluding hydrogens is 228 g/mol. The molecule has 4 heteroatoms. The minimum atomic E-state index is -0.376. The van der Waals surface area contributed by atoms with Gasteiger partial charge in [-0.3, -0.25) is 9.59 Å². The lowest BCUT2D eigenvalue weighted by atomic mass is 9.68. The molecule has 0 spiro atoms. The van der Waals surface area contributed by atoms with E-state index in [1.54, 1.807) is 24.3 Å². The van der Waals surface area contributed by atoms with E-state index in [9.17, 15) is 9.59 Å². The van der Waals surface area contributed by atoms with Gasteiger partial charge in [0.1, 0.15) is 0 Å². The van der Waals surface area contributed by atoms with Crippen molar-refractivity contribution in [3.63, 3.8) is 0 Å². The van der Waals surface area contributed by atoms with E-state index in [0.29, 0.717) is 17.8 Å². The molecule has 1 aliphatic carbocycles. The van der Waals surface area contributed by atoms with Crippen molar-refractivity contribution in [3.05, 3.63) is 29.8 Å². The number of carbonyl (C=O) groups excluding carboxylic acids is 2. The van der Waals surface area contributed by atoms with Gasteiger partial charge in [-0.1, -0.05) is 6.42 Å². The Morgan fingerprint density at radius 3 is 2.28 bits per heavy atom. The van der Waals surface area contributed by atoms with Gasteiger partial charge >= 0.3 is 0 Å². The Morgan fingerprint density at radius 2 is 1.89 bits per heavy atom. The van der Waals surface area contributed by atoms with Gasteiger partial charge < -0.3 is 11.1 Å². The van der Waals surface area contributed by atoms with Crippen LogP contribution >= 0.6 is 0 Å². The van der Waals surface area contributed by atoms with Crippen LogP contribution in [0.15, 0.2) is 24.3 Å². The van der Waals surface area contributed by atoms with Crippen LogP contribution in [0.4, 0.5) is 5.69 Å². The molecule has 1 amide bonds. The van der Waals surface area contributed by atoms with Crippen LogP contribution in [0, 0.1) is 5.41 Å². The molecule has 96 valence electrons. The Bertz CT molecular complexity index is 456. The number of anilines is 1. The summed E-state index contributed by atoms with van der Waals surface area (Å²) in [5.74, 6) is 0.0112. The molecule has 1 saturated carbocycles. The van der Waals surface area contributed by atoms with E-state index in [2.05, 4.69) is 5.32 Å². The van der Waals surface area contributed by atoms with E-state index >= 15 is 0 Å². The topological polar surface area (TPSA) is 72.2 Å². The second kappa shape index (κ2) is 4.90. The molecule has 0 bridgehead atoms. The van der Waals surface area contributed by atoms with E-state index in [-0.39, 0.29) is 17.1 Å². The van der Waals surface area contributed by atoms with Gasteiger partial charge in [0.15, 0.2) is 5.78 Å². The maximum absolute atomic E-state index is 12.1. The summed E-state index contributed by atoms with van der Waals surface area (Å²) in [6.07, 6.45) is 2.79. The van der Waals surface area contributed by atoms with Gasteiger partial charge in [-0.05, 0) is 44.0 Å². The highest BCUT2D eigenvalue weighted by Gasteiger charge is 2.42. The van der Waals surface area contributed by atoms with Gasteiger partial charge in [0, 0.05) is 17.8 Å². The van der Waals surface area contributed by atoms with Crippen molar-refractivity contribution in [3.8, 4) is 0 Å². The Hall–Kier alpha value is -1.68. The number of amides is 1. The summed E-state index contributed by atoms with van der Waals surface area (Å²) in [5, 5.41) is 2.87. The molecule has 0 aromatic heterocycles. The standard InChI is InChI=1S/C14H18N2O2/c1-10(17)11-3-5-12(6-4-11)16-13(18)14(9-15)7-2-8-14/h3-6H,2,7-9,15H2,1H3,(H,16,18). The average Bonchev–Trinajstić information content (AvgIpc) is 2.29. The summed E-state index contributed by atoms with van der Waals surface area (Å²) in [5.41, 5.74) is 6.66. The zero-order valence-corrected chi connectivity index (χ0v) is 10.5. The molecule has 4 nitrogen and oxygen atoms in total. The molecular formula is C14H18N2O2. The lowest BCUT2D eigenvalue weighted by Crippen LogP contribution is -2.47. The number of Topliss-reactive ketones (excluding diaryl/α,β-unsaturated/α-hetero) is 1. The van der Waals surface area contributed by atoms with Crippen LogP contribution in [0.5, 0.6) is 0 Å². The van der Waals surface area contributed by atoms with Crippen LogP contribution in [0.3, 0.4) is 0 Å². The molecule has 18 heavy (non-hydrogen) atoms. The SMILES string of the molecule is CC(=O)c1ccc(NC(=O)C2(CN)CCC2)cc1. The molecule has 0 unspecified atom stereocenters. The van der Waals surface area contributed by atoms with Crippen LogP contribution in [-0.4, -0.2) is 18.2 Å². The van der Waals surface area contributed by atoms with Crippen molar-refractivity contribution in [2.75, 3.05) is 11.9 Å². The number of benzene rings is 1. The summed E-state index contributed by atoms with van der Waals surface area (Å²) in [6.45, 7) is 1.91. The highest BCUT2D eigenvalue weighted by Crippen LogP contribution is 2.40. The highest BCUT2D eigenvalue weighted by molar-refractivity contribution is 5.97. The third kappa shape index (κ3) is 2.29. The molecule has 1 fully saturated rings. The first-order valence-electron chi connectivity index (χ1n) is 6.20. The summed E-state index contributed by atoms with van der Waals surface area (Å²) in [6, 6.07) is 6.93. The lowest BCUT2D eigenvalue weighted by Gasteiger charge is -2.39. The first-order valence-corrected chi connectivity index (χ1v) is 6.20. The number of nitrogens with one attached hydrogen (secondary N) is 1. The zero-order chi connectivity index (χ0) is 13.2. The monoisotopic (exact) mass is 246 g/mol. The summed E-state index contributed by atoms with van der Waals surface area (Å²) in [4.78, 5) is 23.2. The molecule has 2 rings (SSSR count). The molecule has 3 N–H and O–H groups in total. The number of carbonyl (C=O) groups is 2. The third-order valence-corrected chi connectivity index (χ3v) is 3.73. The maximum atomic E-state index is 12.1. The van der Waals surface area contributed by atoms with E-state index in [0.717, 1.165) is 19.3 Å². The smallest absolute Gasteiger partial charge is 0.231 e. The fourth-order valence-corrected chi connectivity index (χ4v) is 2.18. The minimum absolute atomic E-state index is 0.00757. The Balaban J connectivity index is 2.05. The Kier molecular flexibility index (Phi) is 3.48. The van der Waals surface area contributed by atoms with E-state index in [1.807, 2.05) is 0 Å². The van der Waals surface area contributed by atoms with Gasteiger partial charge in [0.2, 0.25) is 5.91 Å². The normalized spacial score (nSPS) is 16.8. The largest absolute Gasteiger partial charge is 0.329 e. The van der Waals surface area contributed by atoms with Crippen molar-refractivity contribution < 1.29 is 9.59 Å². The number of hydrogen-bond acceptors (Lipinski definition) is 3. The predicted octanol–water partition coefficient (Wildman–Crippen LogP) is 1.96. The molecule has 0 heterocycles. The highest BCUT2D eigenvalue weighted by atomic mass is 16.2. The molecule has 0 saturated heterocycles. The van der Waals surface area contributed by atoms with Crippen molar-refractivity contribution >= 4 is 17.4 Å². The van der Waals surface area contributed by atoms with Crippen LogP contribution in [0.25, 0.3) is 0 Å². The molecule has 1 aromatic rings. The molecule has 0 aliphatic heterocycles. The van der Waals surface area contributed by atoms with Crippen molar-refractivity contribution in [1.82, 2.24) is 0 Å². The van der Waals surface area contributed by atoms with E-state index in [4.69, 9.17) is 5.73 Å². The van der Waals surface area contributed by atoms with Crippen LogP contribution in [0.2, 0.25) is 0 Å². The summed E-state index contributed by atoms with van der Waals surface area (Å²) < 4.78 is 0. The quantitative estimate of drug-likeness (QED) is 0.798. The average molecular weight is 246 g/mol. The van der Waals surface area contributed by atoms with Crippen LogP contribution < -0.4 is 11.1 Å². The second-order valence-electron chi connectivity index (χ2n) is 4.93. The van der Waals surface area contributed by atoms with Crippen molar-refractivity contribution in [2.45, 2.75) is 26.2 Å². The number of ketones is 1. The van der Waals surface area contributed by atoms with Crippen molar-refractivity contribution in [1.29, 1.82) is 0 Å². The van der Waals surface area contributed by atoms with E-state index < -0.39 is 0 Å². The Labute approximate surface area is 107 Å². The number of hydrogen-bond donors (Lipinski definition) is 2. The van der Waals surface area contributed by atoms with Gasteiger partial charge in [-0.2, -0.15) is 0 Å². The van der Waals surface area contributed by atoms with Crippen molar-refractivity contribution in [2.24, 2.45) is 11.1 Å². The third-order valence-electron chi connectivity index (χ3n) is 3.73. The number of rotatable bonds is 4. The van der Waals surface area contributed by atoms with Gasteiger partial charge in [-0.15, -0.1) is 0 Å². The summed E-state index contributed by atoms with van der Waals surface area (Å²) in [7, 11) is 0. The maximum Gasteiger partial charge on any atom is 0.231 e. The van der Waals surface area contributed by atoms with Crippen LogP contribution in [0.1, 0.15) is 36.5 Å². The predicted molar refractivity (Wildman–Crippen MR) is 70.4 cm³/mol.